The van der Waals surface area contributed by atoms with Gasteiger partial charge in [-0.2, -0.15) is 0 Å². The molecule has 0 heterocycles. The first-order valence-corrected chi connectivity index (χ1v) is 6.41. The largest absolute Gasteiger partial charge is 0.457 e. The molecule has 0 saturated carbocycles. The van der Waals surface area contributed by atoms with Gasteiger partial charge in [0.15, 0.2) is 0 Å². The van der Waals surface area contributed by atoms with E-state index < -0.39 is 4.92 Å². The molecule has 0 aliphatic heterocycles. The van der Waals surface area contributed by atoms with Crippen molar-refractivity contribution >= 4 is 12.0 Å². The van der Waals surface area contributed by atoms with Crippen LogP contribution in [0.4, 0.5) is 5.69 Å². The number of carbonyl (C=O) groups is 1. The summed E-state index contributed by atoms with van der Waals surface area (Å²) in [6.45, 7) is 5.36. The summed E-state index contributed by atoms with van der Waals surface area (Å²) in [6.07, 6.45) is 0.733. The number of nitro benzene ring substituents is 1. The monoisotopic (exact) mass is 285 g/mol. The van der Waals surface area contributed by atoms with Gasteiger partial charge in [-0.3, -0.25) is 14.9 Å². The molecule has 108 valence electrons. The Kier molecular flexibility index (Phi) is 4.03. The summed E-state index contributed by atoms with van der Waals surface area (Å²) < 4.78 is 5.76. The van der Waals surface area contributed by atoms with Crippen LogP contribution in [-0.4, -0.2) is 11.2 Å². The predicted octanol–water partition coefficient (Wildman–Crippen LogP) is 4.12. The summed E-state index contributed by atoms with van der Waals surface area (Å²) >= 11 is 0. The van der Waals surface area contributed by atoms with E-state index in [1.165, 1.54) is 6.07 Å². The highest BCUT2D eigenvalue weighted by molar-refractivity contribution is 5.76. The minimum absolute atomic E-state index is 0.0137. The van der Waals surface area contributed by atoms with Gasteiger partial charge in [-0.05, 0) is 44.0 Å². The smallest absolute Gasteiger partial charge is 0.276 e. The summed E-state index contributed by atoms with van der Waals surface area (Å²) in [4.78, 5) is 21.4. The number of aryl methyl sites for hydroxylation is 3. The quantitative estimate of drug-likeness (QED) is 0.481. The number of nitrogens with zero attached hydrogens (tertiary/aromatic N) is 1. The van der Waals surface area contributed by atoms with Gasteiger partial charge in [0.05, 0.1) is 11.0 Å². The van der Waals surface area contributed by atoms with Crippen LogP contribution in [0.25, 0.3) is 0 Å². The Hall–Kier alpha value is -2.69. The lowest BCUT2D eigenvalue weighted by Gasteiger charge is -2.12. The first-order valence-electron chi connectivity index (χ1n) is 6.41. The molecule has 5 heteroatoms. The molecule has 0 fully saturated rings. The second-order valence-corrected chi connectivity index (χ2v) is 4.91. The van der Waals surface area contributed by atoms with Gasteiger partial charge in [-0.1, -0.05) is 12.1 Å². The molecule has 0 atom stereocenters. The van der Waals surface area contributed by atoms with Crippen molar-refractivity contribution in [3.05, 3.63) is 62.7 Å². The highest BCUT2D eigenvalue weighted by atomic mass is 16.6. The fraction of sp³-hybridized carbons (Fsp3) is 0.188. The first kappa shape index (κ1) is 14.7. The summed E-state index contributed by atoms with van der Waals surface area (Å²) in [5.74, 6) is 0.930. The molecule has 0 amide bonds. The predicted molar refractivity (Wildman–Crippen MR) is 79.2 cm³/mol. The molecule has 5 nitrogen and oxygen atoms in total. The Balaban J connectivity index is 2.46. The molecular formula is C16H15NO4. The van der Waals surface area contributed by atoms with E-state index >= 15 is 0 Å². The van der Waals surface area contributed by atoms with Gasteiger partial charge < -0.3 is 4.74 Å². The molecule has 0 bridgehead atoms. The van der Waals surface area contributed by atoms with Crippen LogP contribution in [0.15, 0.2) is 30.3 Å². The lowest BCUT2D eigenvalue weighted by atomic mass is 10.1. The lowest BCUT2D eigenvalue weighted by Crippen LogP contribution is -1.96. The van der Waals surface area contributed by atoms with Gasteiger partial charge in [-0.15, -0.1) is 0 Å². The first-order chi connectivity index (χ1) is 9.92. The summed E-state index contributed by atoms with van der Waals surface area (Å²) in [5, 5.41) is 11.0. The van der Waals surface area contributed by atoms with Crippen LogP contribution >= 0.6 is 0 Å². The maximum atomic E-state index is 11.0. The summed E-state index contributed by atoms with van der Waals surface area (Å²) in [6, 6.07) is 8.22. The maximum absolute atomic E-state index is 11.0. The third kappa shape index (κ3) is 3.08. The molecule has 2 rings (SSSR count). The Labute approximate surface area is 122 Å². The van der Waals surface area contributed by atoms with Gasteiger partial charge in [0.1, 0.15) is 17.8 Å². The number of aldehydes is 1. The van der Waals surface area contributed by atoms with Gasteiger partial charge in [0.25, 0.3) is 5.69 Å². The third-order valence-corrected chi connectivity index (χ3v) is 3.26. The Morgan fingerprint density at radius 3 is 2.29 bits per heavy atom. The molecule has 2 aromatic carbocycles. The van der Waals surface area contributed by atoms with E-state index in [1.807, 2.05) is 13.8 Å². The normalized spacial score (nSPS) is 10.2. The molecule has 21 heavy (non-hydrogen) atoms. The van der Waals surface area contributed by atoms with Crippen LogP contribution in [0.3, 0.4) is 0 Å². The number of hydrogen-bond acceptors (Lipinski definition) is 4. The number of ether oxygens (including phenoxy) is 1. The van der Waals surface area contributed by atoms with Crippen molar-refractivity contribution in [2.45, 2.75) is 20.8 Å². The molecule has 0 N–H and O–H groups in total. The van der Waals surface area contributed by atoms with Crippen molar-refractivity contribution in [3.8, 4) is 11.5 Å². The molecule has 0 radical (unpaired) electrons. The average molecular weight is 285 g/mol. The van der Waals surface area contributed by atoms with Crippen molar-refractivity contribution in [1.29, 1.82) is 0 Å². The molecule has 0 unspecified atom stereocenters. The second kappa shape index (κ2) is 5.75. The molecule has 2 aromatic rings. The van der Waals surface area contributed by atoms with Gasteiger partial charge in [0.2, 0.25) is 0 Å². The Bertz CT molecular complexity index is 722. The highest BCUT2D eigenvalue weighted by Crippen LogP contribution is 2.33. The van der Waals surface area contributed by atoms with Gasteiger partial charge in [-0.25, -0.2) is 0 Å². The Morgan fingerprint density at radius 2 is 1.67 bits per heavy atom. The van der Waals surface area contributed by atoms with Crippen molar-refractivity contribution in [2.24, 2.45) is 0 Å². The fourth-order valence-electron chi connectivity index (χ4n) is 2.05. The van der Waals surface area contributed by atoms with Crippen LogP contribution < -0.4 is 4.74 Å². The van der Waals surface area contributed by atoms with Crippen molar-refractivity contribution in [2.75, 3.05) is 0 Å². The number of benzene rings is 2. The minimum atomic E-state index is -0.434. The zero-order chi connectivity index (χ0) is 15.6. The topological polar surface area (TPSA) is 69.4 Å². The fourth-order valence-corrected chi connectivity index (χ4v) is 2.05. The van der Waals surface area contributed by atoms with E-state index in [4.69, 9.17) is 4.74 Å². The van der Waals surface area contributed by atoms with E-state index in [0.29, 0.717) is 22.6 Å². The lowest BCUT2D eigenvalue weighted by molar-refractivity contribution is -0.385. The van der Waals surface area contributed by atoms with E-state index in [2.05, 4.69) is 0 Å². The van der Waals surface area contributed by atoms with E-state index in [-0.39, 0.29) is 5.69 Å². The highest BCUT2D eigenvalue weighted by Gasteiger charge is 2.15. The average Bonchev–Trinajstić information content (AvgIpc) is 2.43. The van der Waals surface area contributed by atoms with Crippen LogP contribution in [0, 0.1) is 30.9 Å². The summed E-state index contributed by atoms with van der Waals surface area (Å²) in [5.41, 5.74) is 2.75. The number of nitro groups is 1. The van der Waals surface area contributed by atoms with Crippen LogP contribution in [0.1, 0.15) is 27.0 Å². The van der Waals surface area contributed by atoms with Crippen LogP contribution in [0.2, 0.25) is 0 Å². The standard InChI is InChI=1S/C16H15NO4/c1-10-4-5-13(9-18)7-15(10)21-16-8-14(17(19)20)11(2)6-12(16)3/h4-9H,1-3H3. The molecule has 0 spiro atoms. The van der Waals surface area contributed by atoms with E-state index in [1.54, 1.807) is 31.2 Å². The van der Waals surface area contributed by atoms with E-state index in [0.717, 1.165) is 17.4 Å². The summed E-state index contributed by atoms with van der Waals surface area (Å²) in [7, 11) is 0. The van der Waals surface area contributed by atoms with E-state index in [9.17, 15) is 14.9 Å². The zero-order valence-electron chi connectivity index (χ0n) is 12.0. The molecule has 0 aliphatic carbocycles. The SMILES string of the molecule is Cc1ccc(C=O)cc1Oc1cc([N+](=O)[O-])c(C)cc1C. The number of carbonyl (C=O) groups excluding carboxylic acids is 1. The van der Waals surface area contributed by atoms with Crippen molar-refractivity contribution in [1.82, 2.24) is 0 Å². The molecule has 0 aromatic heterocycles. The van der Waals surface area contributed by atoms with Gasteiger partial charge in [0, 0.05) is 11.1 Å². The molecular weight excluding hydrogens is 270 g/mol. The molecule has 0 saturated heterocycles. The molecule has 0 aliphatic rings. The van der Waals surface area contributed by atoms with Crippen LogP contribution in [0.5, 0.6) is 11.5 Å². The number of rotatable bonds is 4. The maximum Gasteiger partial charge on any atom is 0.276 e. The zero-order valence-corrected chi connectivity index (χ0v) is 12.0. The van der Waals surface area contributed by atoms with Crippen LogP contribution in [-0.2, 0) is 0 Å². The van der Waals surface area contributed by atoms with Crippen molar-refractivity contribution < 1.29 is 14.5 Å². The Morgan fingerprint density at radius 1 is 1.00 bits per heavy atom. The third-order valence-electron chi connectivity index (χ3n) is 3.26. The van der Waals surface area contributed by atoms with Crippen molar-refractivity contribution in [3.63, 3.8) is 0 Å². The number of hydrogen-bond donors (Lipinski definition) is 0. The minimum Gasteiger partial charge on any atom is -0.457 e. The second-order valence-electron chi connectivity index (χ2n) is 4.91. The van der Waals surface area contributed by atoms with Gasteiger partial charge >= 0.3 is 0 Å².